The summed E-state index contributed by atoms with van der Waals surface area (Å²) >= 11 is 6.10. The van der Waals surface area contributed by atoms with Gasteiger partial charge >= 0.3 is 0 Å². The van der Waals surface area contributed by atoms with E-state index in [2.05, 4.69) is 5.32 Å². The first-order chi connectivity index (χ1) is 11.7. The van der Waals surface area contributed by atoms with Gasteiger partial charge in [-0.25, -0.2) is 4.39 Å². The minimum absolute atomic E-state index is 0.243. The normalized spacial score (nSPS) is 10.8. The third kappa shape index (κ3) is 6.48. The zero-order valence-corrected chi connectivity index (χ0v) is 14.7. The second-order valence-corrected chi connectivity index (χ2v) is 5.94. The molecule has 0 saturated carbocycles. The summed E-state index contributed by atoms with van der Waals surface area (Å²) in [5, 5.41) is 2.91. The van der Waals surface area contributed by atoms with Crippen molar-refractivity contribution in [2.24, 2.45) is 0 Å². The van der Waals surface area contributed by atoms with Crippen LogP contribution in [0.15, 0.2) is 42.5 Å². The molecule has 2 aromatic carbocycles. The fourth-order valence-electron chi connectivity index (χ4n) is 2.32. The van der Waals surface area contributed by atoms with Crippen molar-refractivity contribution in [3.05, 3.63) is 64.4 Å². The van der Waals surface area contributed by atoms with E-state index in [1.165, 1.54) is 12.1 Å². The molecule has 2 N–H and O–H groups in total. The number of benzene rings is 2. The van der Waals surface area contributed by atoms with Crippen LogP contribution in [0.2, 0.25) is 5.02 Å². The van der Waals surface area contributed by atoms with Gasteiger partial charge in [0.25, 0.3) is 0 Å². The molecule has 2 rings (SSSR count). The van der Waals surface area contributed by atoms with Crippen molar-refractivity contribution in [1.82, 2.24) is 0 Å². The molecule has 0 saturated heterocycles. The summed E-state index contributed by atoms with van der Waals surface area (Å²) in [6.45, 7) is 5.74. The van der Waals surface area contributed by atoms with Crippen molar-refractivity contribution >= 4 is 11.6 Å². The van der Waals surface area contributed by atoms with Crippen molar-refractivity contribution < 1.29 is 19.2 Å². The van der Waals surface area contributed by atoms with E-state index in [0.29, 0.717) is 11.6 Å². The molecule has 0 aliphatic rings. The Balaban J connectivity index is 1.88. The Kier molecular flexibility index (Phi) is 8.02. The van der Waals surface area contributed by atoms with Gasteiger partial charge in [-0.2, -0.15) is 0 Å². The third-order valence-corrected chi connectivity index (χ3v) is 3.83. The number of halogens is 2. The lowest BCUT2D eigenvalue weighted by Gasteiger charge is -2.12. The lowest BCUT2D eigenvalue weighted by atomic mass is 10.2. The predicted octanol–water partition coefficient (Wildman–Crippen LogP) is 3.55. The number of hydrogen-bond acceptors (Lipinski definition) is 2. The molecular formula is C19H24ClFNO2+. The number of nitrogens with two attached hydrogens (primary N) is 1. The molecular weight excluding hydrogens is 329 g/mol. The summed E-state index contributed by atoms with van der Waals surface area (Å²) in [4.78, 5) is 0. The lowest BCUT2D eigenvalue weighted by Crippen LogP contribution is -2.82. The largest absolute Gasteiger partial charge is 0.488 e. The van der Waals surface area contributed by atoms with E-state index in [0.717, 1.165) is 49.6 Å². The minimum Gasteiger partial charge on any atom is -0.488 e. The molecule has 0 spiro atoms. The first kappa shape index (κ1) is 18.7. The van der Waals surface area contributed by atoms with Gasteiger partial charge in [0.15, 0.2) is 0 Å². The molecule has 2 aromatic rings. The lowest BCUT2D eigenvalue weighted by molar-refractivity contribution is -0.671. The highest BCUT2D eigenvalue weighted by molar-refractivity contribution is 6.30. The molecule has 0 aromatic heterocycles. The van der Waals surface area contributed by atoms with E-state index in [4.69, 9.17) is 21.1 Å². The molecule has 0 fully saturated rings. The van der Waals surface area contributed by atoms with Crippen LogP contribution in [0, 0.1) is 5.82 Å². The molecule has 3 nitrogen and oxygen atoms in total. The Morgan fingerprint density at radius 1 is 1.12 bits per heavy atom. The van der Waals surface area contributed by atoms with Crippen molar-refractivity contribution in [3.63, 3.8) is 0 Å². The Labute approximate surface area is 147 Å². The smallest absolute Gasteiger partial charge is 0.128 e. The molecule has 5 heteroatoms. The molecule has 0 heterocycles. The molecule has 130 valence electrons. The number of quaternary nitrogens is 1. The highest BCUT2D eigenvalue weighted by atomic mass is 35.5. The standard InChI is InChI=1S/C19H23ClFNO2/c1-2-23-11-3-10-22-13-16-12-17(20)6-9-19(16)24-14-15-4-7-18(21)8-5-15/h4-9,12,22H,2-3,10-11,13-14H2,1H3/p+1. The Hall–Kier alpha value is -1.62. The van der Waals surface area contributed by atoms with Crippen LogP contribution < -0.4 is 10.1 Å². The fraction of sp³-hybridized carbons (Fsp3) is 0.368. The summed E-state index contributed by atoms with van der Waals surface area (Å²) in [5.41, 5.74) is 1.99. The van der Waals surface area contributed by atoms with E-state index in [1.807, 2.05) is 25.1 Å². The number of ether oxygens (including phenoxy) is 2. The third-order valence-electron chi connectivity index (χ3n) is 3.60. The monoisotopic (exact) mass is 352 g/mol. The van der Waals surface area contributed by atoms with Gasteiger partial charge in [-0.15, -0.1) is 0 Å². The minimum atomic E-state index is -0.243. The van der Waals surface area contributed by atoms with Gasteiger partial charge in [0, 0.05) is 23.6 Å². The van der Waals surface area contributed by atoms with Crippen LogP contribution in [0.4, 0.5) is 4.39 Å². The van der Waals surface area contributed by atoms with E-state index in [-0.39, 0.29) is 5.82 Å². The van der Waals surface area contributed by atoms with Crippen molar-refractivity contribution in [2.75, 3.05) is 19.8 Å². The van der Waals surface area contributed by atoms with Gasteiger partial charge in [0.1, 0.15) is 24.7 Å². The molecule has 0 amide bonds. The van der Waals surface area contributed by atoms with Crippen LogP contribution in [-0.2, 0) is 17.9 Å². The first-order valence-corrected chi connectivity index (χ1v) is 8.62. The maximum absolute atomic E-state index is 12.9. The summed E-state index contributed by atoms with van der Waals surface area (Å²) in [7, 11) is 0. The van der Waals surface area contributed by atoms with E-state index >= 15 is 0 Å². The second-order valence-electron chi connectivity index (χ2n) is 5.50. The average Bonchev–Trinajstić information content (AvgIpc) is 2.58. The Bertz CT molecular complexity index is 619. The summed E-state index contributed by atoms with van der Waals surface area (Å²) in [6.07, 6.45) is 1.01. The van der Waals surface area contributed by atoms with Gasteiger partial charge in [-0.3, -0.25) is 0 Å². The average molecular weight is 353 g/mol. The van der Waals surface area contributed by atoms with Gasteiger partial charge in [-0.1, -0.05) is 23.7 Å². The highest BCUT2D eigenvalue weighted by Crippen LogP contribution is 2.23. The van der Waals surface area contributed by atoms with Crippen molar-refractivity contribution in [3.8, 4) is 5.75 Å². The van der Waals surface area contributed by atoms with Crippen LogP contribution in [0.1, 0.15) is 24.5 Å². The maximum Gasteiger partial charge on any atom is 0.128 e. The Morgan fingerprint density at radius 2 is 1.92 bits per heavy atom. The number of rotatable bonds is 10. The summed E-state index contributed by atoms with van der Waals surface area (Å²) < 4.78 is 24.2. The fourth-order valence-corrected chi connectivity index (χ4v) is 2.52. The van der Waals surface area contributed by atoms with Crippen LogP contribution in [0.25, 0.3) is 0 Å². The maximum atomic E-state index is 12.9. The summed E-state index contributed by atoms with van der Waals surface area (Å²) in [6, 6.07) is 12.0. The first-order valence-electron chi connectivity index (χ1n) is 8.24. The number of hydrogen-bond donors (Lipinski definition) is 1. The van der Waals surface area contributed by atoms with Crippen LogP contribution in [-0.4, -0.2) is 19.8 Å². The Morgan fingerprint density at radius 3 is 2.67 bits per heavy atom. The van der Waals surface area contributed by atoms with E-state index in [9.17, 15) is 4.39 Å². The van der Waals surface area contributed by atoms with E-state index < -0.39 is 0 Å². The van der Waals surface area contributed by atoms with Crippen LogP contribution in [0.3, 0.4) is 0 Å². The highest BCUT2D eigenvalue weighted by Gasteiger charge is 2.07. The SMILES string of the molecule is CCOCCC[NH2+]Cc1cc(Cl)ccc1OCc1ccc(F)cc1. The molecule has 0 aliphatic heterocycles. The topological polar surface area (TPSA) is 35.1 Å². The second kappa shape index (κ2) is 10.3. The molecule has 0 unspecified atom stereocenters. The van der Waals surface area contributed by atoms with Crippen LogP contribution >= 0.6 is 11.6 Å². The van der Waals surface area contributed by atoms with E-state index in [1.54, 1.807) is 12.1 Å². The zero-order valence-electron chi connectivity index (χ0n) is 13.9. The predicted molar refractivity (Wildman–Crippen MR) is 93.8 cm³/mol. The molecule has 24 heavy (non-hydrogen) atoms. The summed E-state index contributed by atoms with van der Waals surface area (Å²) in [5.74, 6) is 0.567. The molecule has 0 bridgehead atoms. The molecule has 0 aliphatic carbocycles. The van der Waals surface area contributed by atoms with Crippen molar-refractivity contribution in [1.29, 1.82) is 0 Å². The molecule has 0 radical (unpaired) electrons. The quantitative estimate of drug-likeness (QED) is 0.664. The van der Waals surface area contributed by atoms with Crippen LogP contribution in [0.5, 0.6) is 5.75 Å². The van der Waals surface area contributed by atoms with Gasteiger partial charge in [0.2, 0.25) is 0 Å². The van der Waals surface area contributed by atoms with Gasteiger partial charge in [0.05, 0.1) is 13.2 Å². The van der Waals surface area contributed by atoms with Crippen molar-refractivity contribution in [2.45, 2.75) is 26.5 Å². The molecule has 0 atom stereocenters. The van der Waals surface area contributed by atoms with Gasteiger partial charge < -0.3 is 14.8 Å². The zero-order chi connectivity index (χ0) is 17.2. The van der Waals surface area contributed by atoms with Gasteiger partial charge in [-0.05, 0) is 42.8 Å².